The number of benzene rings is 2. The maximum Gasteiger partial charge on any atom is 0.226 e. The molecule has 0 aliphatic rings. The summed E-state index contributed by atoms with van der Waals surface area (Å²) in [6.07, 6.45) is 0.898. The van der Waals surface area contributed by atoms with E-state index < -0.39 is 0 Å². The number of methoxy groups -OCH3 is 1. The van der Waals surface area contributed by atoms with Gasteiger partial charge in [0, 0.05) is 31.7 Å². The van der Waals surface area contributed by atoms with Crippen LogP contribution in [0, 0.1) is 5.92 Å². The van der Waals surface area contributed by atoms with Crippen LogP contribution in [0.1, 0.15) is 25.0 Å². The fourth-order valence-electron chi connectivity index (χ4n) is 2.52. The van der Waals surface area contributed by atoms with Gasteiger partial charge >= 0.3 is 0 Å². The van der Waals surface area contributed by atoms with E-state index in [0.717, 1.165) is 35.9 Å². The van der Waals surface area contributed by atoms with Crippen molar-refractivity contribution < 1.29 is 9.53 Å². The lowest BCUT2D eigenvalue weighted by Gasteiger charge is -2.13. The smallest absolute Gasteiger partial charge is 0.226 e. The number of nitrogens with zero attached hydrogens (tertiary/aromatic N) is 1. The topological polar surface area (TPSA) is 74.8 Å². The first-order valence-corrected chi connectivity index (χ1v) is 9.49. The van der Waals surface area contributed by atoms with Crippen molar-refractivity contribution in [2.75, 3.05) is 26.0 Å². The lowest BCUT2D eigenvalue weighted by molar-refractivity contribution is -0.118. The van der Waals surface area contributed by atoms with Crippen LogP contribution >= 0.6 is 0 Å². The second kappa shape index (κ2) is 11.0. The van der Waals surface area contributed by atoms with Gasteiger partial charge in [0.25, 0.3) is 0 Å². The highest BCUT2D eigenvalue weighted by Gasteiger charge is 2.06. The molecule has 0 saturated heterocycles. The maximum absolute atomic E-state index is 11.7. The quantitative estimate of drug-likeness (QED) is 0.484. The van der Waals surface area contributed by atoms with Gasteiger partial charge in [0.05, 0.1) is 7.11 Å². The number of ether oxygens (including phenoxy) is 1. The molecule has 0 aliphatic carbocycles. The third-order valence-electron chi connectivity index (χ3n) is 4.29. The van der Waals surface area contributed by atoms with E-state index in [0.29, 0.717) is 6.54 Å². The van der Waals surface area contributed by atoms with Crippen LogP contribution in [-0.4, -0.2) is 32.6 Å². The van der Waals surface area contributed by atoms with Gasteiger partial charge < -0.3 is 20.7 Å². The minimum absolute atomic E-state index is 0.0207. The lowest BCUT2D eigenvalue weighted by Crippen LogP contribution is -2.37. The van der Waals surface area contributed by atoms with Crippen molar-refractivity contribution in [1.82, 2.24) is 10.6 Å². The molecule has 0 radical (unpaired) electrons. The van der Waals surface area contributed by atoms with Crippen LogP contribution < -0.4 is 20.7 Å². The Morgan fingerprint density at radius 3 is 2.21 bits per heavy atom. The summed E-state index contributed by atoms with van der Waals surface area (Å²) in [7, 11) is 3.43. The molecule has 28 heavy (non-hydrogen) atoms. The van der Waals surface area contributed by atoms with Gasteiger partial charge in [0.1, 0.15) is 5.75 Å². The normalized spacial score (nSPS) is 11.2. The average molecular weight is 383 g/mol. The highest BCUT2D eigenvalue weighted by Crippen LogP contribution is 2.12. The van der Waals surface area contributed by atoms with Crippen molar-refractivity contribution in [3.05, 3.63) is 59.7 Å². The largest absolute Gasteiger partial charge is 0.497 e. The minimum atomic E-state index is -0.0337. The van der Waals surface area contributed by atoms with Crippen LogP contribution in [0.5, 0.6) is 5.75 Å². The molecule has 2 aromatic carbocycles. The van der Waals surface area contributed by atoms with Gasteiger partial charge in [0.15, 0.2) is 5.96 Å². The number of hydrogen-bond acceptors (Lipinski definition) is 3. The number of amides is 1. The van der Waals surface area contributed by atoms with Crippen molar-refractivity contribution >= 4 is 17.6 Å². The summed E-state index contributed by atoms with van der Waals surface area (Å²) in [6.45, 7) is 5.19. The number of guanidine groups is 1. The second-order valence-corrected chi connectivity index (χ2v) is 6.79. The summed E-state index contributed by atoms with van der Waals surface area (Å²) in [4.78, 5) is 16.0. The Morgan fingerprint density at radius 2 is 1.64 bits per heavy atom. The van der Waals surface area contributed by atoms with Crippen LogP contribution in [0.3, 0.4) is 0 Å². The molecule has 2 aromatic rings. The molecule has 3 N–H and O–H groups in total. The maximum atomic E-state index is 11.7. The summed E-state index contributed by atoms with van der Waals surface area (Å²) in [6, 6.07) is 15.9. The SMILES string of the molecule is CN=C(NCCc1ccc(OC)cc1)NCc1ccc(NC(=O)C(C)C)cc1. The molecule has 6 heteroatoms. The van der Waals surface area contributed by atoms with Crippen LogP contribution in [0.4, 0.5) is 5.69 Å². The highest BCUT2D eigenvalue weighted by atomic mass is 16.5. The van der Waals surface area contributed by atoms with Crippen LogP contribution in [-0.2, 0) is 17.8 Å². The number of rotatable bonds is 8. The van der Waals surface area contributed by atoms with E-state index in [1.54, 1.807) is 14.2 Å². The molecule has 0 unspecified atom stereocenters. The summed E-state index contributed by atoms with van der Waals surface area (Å²) in [5.74, 6) is 1.61. The van der Waals surface area contributed by atoms with E-state index in [2.05, 4.69) is 33.1 Å². The molecule has 0 atom stereocenters. The lowest BCUT2D eigenvalue weighted by atomic mass is 10.1. The van der Waals surface area contributed by atoms with Gasteiger partial charge in [-0.25, -0.2) is 0 Å². The summed E-state index contributed by atoms with van der Waals surface area (Å²) >= 11 is 0. The monoisotopic (exact) mass is 382 g/mol. The first-order chi connectivity index (χ1) is 13.5. The summed E-state index contributed by atoms with van der Waals surface area (Å²) < 4.78 is 5.17. The molecule has 0 saturated carbocycles. The fraction of sp³-hybridized carbons (Fsp3) is 0.364. The van der Waals surface area contributed by atoms with Gasteiger partial charge in [0.2, 0.25) is 5.91 Å². The van der Waals surface area contributed by atoms with Gasteiger partial charge in [-0.2, -0.15) is 0 Å². The third-order valence-corrected chi connectivity index (χ3v) is 4.29. The molecule has 0 spiro atoms. The van der Waals surface area contributed by atoms with Crippen molar-refractivity contribution in [2.45, 2.75) is 26.8 Å². The van der Waals surface area contributed by atoms with Gasteiger partial charge in [-0.15, -0.1) is 0 Å². The number of aliphatic imine (C=N–C) groups is 1. The molecular formula is C22H30N4O2. The van der Waals surface area contributed by atoms with Crippen molar-refractivity contribution in [2.24, 2.45) is 10.9 Å². The minimum Gasteiger partial charge on any atom is -0.497 e. The molecule has 0 bridgehead atoms. The van der Waals surface area contributed by atoms with Gasteiger partial charge in [-0.3, -0.25) is 9.79 Å². The summed E-state index contributed by atoms with van der Waals surface area (Å²) in [5.41, 5.74) is 3.16. The van der Waals surface area contributed by atoms with Gasteiger partial charge in [-0.1, -0.05) is 38.1 Å². The van der Waals surface area contributed by atoms with Crippen molar-refractivity contribution in [3.63, 3.8) is 0 Å². The fourth-order valence-corrected chi connectivity index (χ4v) is 2.52. The van der Waals surface area contributed by atoms with E-state index in [9.17, 15) is 4.79 Å². The highest BCUT2D eigenvalue weighted by molar-refractivity contribution is 5.92. The van der Waals surface area contributed by atoms with Gasteiger partial charge in [-0.05, 0) is 41.8 Å². The number of carbonyl (C=O) groups excluding carboxylic acids is 1. The Morgan fingerprint density at radius 1 is 1.00 bits per heavy atom. The first-order valence-electron chi connectivity index (χ1n) is 9.49. The first kappa shape index (κ1) is 21.3. The molecular weight excluding hydrogens is 352 g/mol. The van der Waals surface area contributed by atoms with Crippen molar-refractivity contribution in [3.8, 4) is 5.75 Å². The average Bonchev–Trinajstić information content (AvgIpc) is 2.72. The van der Waals surface area contributed by atoms with E-state index in [1.165, 1.54) is 5.56 Å². The molecule has 0 aromatic heterocycles. The Labute approximate surface area is 167 Å². The molecule has 2 rings (SSSR count). The predicted molar refractivity (Wildman–Crippen MR) is 115 cm³/mol. The van der Waals surface area contributed by atoms with E-state index in [-0.39, 0.29) is 11.8 Å². The zero-order valence-electron chi connectivity index (χ0n) is 17.1. The Kier molecular flexibility index (Phi) is 8.34. The van der Waals surface area contributed by atoms with Crippen LogP contribution in [0.25, 0.3) is 0 Å². The molecule has 1 amide bonds. The number of anilines is 1. The van der Waals surface area contributed by atoms with Crippen LogP contribution in [0.15, 0.2) is 53.5 Å². The third kappa shape index (κ3) is 6.95. The zero-order chi connectivity index (χ0) is 20.4. The summed E-state index contributed by atoms with van der Waals surface area (Å²) in [5, 5.41) is 9.51. The van der Waals surface area contributed by atoms with E-state index >= 15 is 0 Å². The van der Waals surface area contributed by atoms with Crippen LogP contribution in [0.2, 0.25) is 0 Å². The molecule has 0 aliphatic heterocycles. The number of hydrogen-bond donors (Lipinski definition) is 3. The zero-order valence-corrected chi connectivity index (χ0v) is 17.1. The Hall–Kier alpha value is -3.02. The predicted octanol–water partition coefficient (Wildman–Crippen LogP) is 3.20. The van der Waals surface area contributed by atoms with E-state index in [4.69, 9.17) is 4.74 Å². The molecule has 6 nitrogen and oxygen atoms in total. The standard InChI is InChI=1S/C22H30N4O2/c1-16(2)21(27)26-19-9-5-18(6-10-19)15-25-22(23-3)24-14-13-17-7-11-20(28-4)12-8-17/h5-12,16H,13-15H2,1-4H3,(H,26,27)(H2,23,24,25). The van der Waals surface area contributed by atoms with E-state index in [1.807, 2.05) is 50.2 Å². The number of carbonyl (C=O) groups is 1. The Bertz CT molecular complexity index is 768. The van der Waals surface area contributed by atoms with Crippen molar-refractivity contribution in [1.29, 1.82) is 0 Å². The number of nitrogens with one attached hydrogen (secondary N) is 3. The molecule has 150 valence electrons. The Balaban J connectivity index is 1.76. The second-order valence-electron chi connectivity index (χ2n) is 6.79. The molecule has 0 fully saturated rings. The molecule has 0 heterocycles.